The van der Waals surface area contributed by atoms with Crippen LogP contribution in [0.5, 0.6) is 0 Å². The van der Waals surface area contributed by atoms with Gasteiger partial charge in [-0.3, -0.25) is 4.40 Å². The molecule has 1 N–H and O–H groups in total. The summed E-state index contributed by atoms with van der Waals surface area (Å²) in [7, 11) is -1.46. The summed E-state index contributed by atoms with van der Waals surface area (Å²) in [5.74, 6) is 0.112. The van der Waals surface area contributed by atoms with Gasteiger partial charge in [-0.1, -0.05) is 0 Å². The molecule has 6 nitrogen and oxygen atoms in total. The van der Waals surface area contributed by atoms with Crippen LogP contribution < -0.4 is 5.32 Å². The molecular weight excluding hydrogens is 329 g/mol. The first-order valence-corrected chi connectivity index (χ1v) is 8.15. The van der Waals surface area contributed by atoms with Crippen LogP contribution in [0, 0.1) is 0 Å². The number of anilines is 1. The molecule has 0 aliphatic rings. The van der Waals surface area contributed by atoms with E-state index in [1.807, 2.05) is 0 Å². The zero-order chi connectivity index (χ0) is 15.8. The van der Waals surface area contributed by atoms with Crippen molar-refractivity contribution in [3.05, 3.63) is 11.6 Å². The predicted molar refractivity (Wildman–Crippen MR) is 73.1 cm³/mol. The van der Waals surface area contributed by atoms with Crippen LogP contribution in [-0.2, 0) is 10.0 Å². The summed E-state index contributed by atoms with van der Waals surface area (Å²) in [6.07, 6.45) is -4.10. The van der Waals surface area contributed by atoms with Gasteiger partial charge in [0.1, 0.15) is 0 Å². The standard InChI is InChI=1S/C10H13F3N4O2S2/c1-14-7-8(17-5-6-20-9(17)15-7)21(18,19)16(2)4-3-10(11,12)13/h5-6,14H,3-4H2,1-2H3. The fourth-order valence-electron chi connectivity index (χ4n) is 1.73. The van der Waals surface area contributed by atoms with Crippen LogP contribution in [-0.4, -0.2) is 48.9 Å². The van der Waals surface area contributed by atoms with Crippen molar-refractivity contribution in [3.8, 4) is 0 Å². The van der Waals surface area contributed by atoms with E-state index in [1.165, 1.54) is 29.0 Å². The van der Waals surface area contributed by atoms with Crippen LogP contribution >= 0.6 is 11.3 Å². The molecule has 11 heteroatoms. The number of nitrogens with one attached hydrogen (secondary N) is 1. The highest BCUT2D eigenvalue weighted by atomic mass is 32.2. The number of aromatic nitrogens is 2. The monoisotopic (exact) mass is 342 g/mol. The fraction of sp³-hybridized carbons (Fsp3) is 0.500. The van der Waals surface area contributed by atoms with Crippen LogP contribution in [0.15, 0.2) is 16.6 Å². The van der Waals surface area contributed by atoms with Crippen molar-refractivity contribution in [3.63, 3.8) is 0 Å². The number of rotatable bonds is 5. The summed E-state index contributed by atoms with van der Waals surface area (Å²) in [6, 6.07) is 0. The lowest BCUT2D eigenvalue weighted by atomic mass is 10.4. The first-order chi connectivity index (χ1) is 9.66. The number of fused-ring (bicyclic) bond motifs is 1. The molecule has 2 rings (SSSR count). The van der Waals surface area contributed by atoms with Crippen molar-refractivity contribution in [2.75, 3.05) is 26.0 Å². The smallest absolute Gasteiger partial charge is 0.371 e. The second kappa shape index (κ2) is 5.46. The molecule has 2 aromatic heterocycles. The van der Waals surface area contributed by atoms with E-state index in [2.05, 4.69) is 10.3 Å². The number of halogens is 3. The molecule has 2 heterocycles. The van der Waals surface area contributed by atoms with E-state index in [0.717, 1.165) is 7.05 Å². The lowest BCUT2D eigenvalue weighted by molar-refractivity contribution is -0.135. The van der Waals surface area contributed by atoms with E-state index in [1.54, 1.807) is 5.38 Å². The van der Waals surface area contributed by atoms with E-state index in [-0.39, 0.29) is 10.8 Å². The first-order valence-electron chi connectivity index (χ1n) is 5.83. The molecule has 21 heavy (non-hydrogen) atoms. The average Bonchev–Trinajstić information content (AvgIpc) is 2.93. The number of imidazole rings is 1. The van der Waals surface area contributed by atoms with Gasteiger partial charge in [-0.2, -0.15) is 17.5 Å². The number of hydrogen-bond donors (Lipinski definition) is 1. The third kappa shape index (κ3) is 3.14. The third-order valence-corrected chi connectivity index (χ3v) is 5.46. The van der Waals surface area contributed by atoms with Crippen LogP contribution in [0.25, 0.3) is 4.96 Å². The molecule has 0 atom stereocenters. The van der Waals surface area contributed by atoms with E-state index < -0.39 is 29.2 Å². The topological polar surface area (TPSA) is 66.7 Å². The zero-order valence-corrected chi connectivity index (χ0v) is 12.8. The van der Waals surface area contributed by atoms with E-state index in [9.17, 15) is 21.6 Å². The average molecular weight is 342 g/mol. The van der Waals surface area contributed by atoms with Gasteiger partial charge < -0.3 is 5.32 Å². The van der Waals surface area contributed by atoms with Crippen LogP contribution in [0.1, 0.15) is 6.42 Å². The van der Waals surface area contributed by atoms with Gasteiger partial charge in [0, 0.05) is 32.2 Å². The molecule has 0 unspecified atom stereocenters. The molecule has 0 saturated heterocycles. The van der Waals surface area contributed by atoms with Crippen LogP contribution in [0.3, 0.4) is 0 Å². The molecule has 0 aliphatic carbocycles. The van der Waals surface area contributed by atoms with Gasteiger partial charge >= 0.3 is 6.18 Å². The minimum atomic E-state index is -4.41. The maximum Gasteiger partial charge on any atom is 0.390 e. The fourth-order valence-corrected chi connectivity index (χ4v) is 3.91. The predicted octanol–water partition coefficient (Wildman–Crippen LogP) is 2.01. The lowest BCUT2D eigenvalue weighted by Gasteiger charge is -2.18. The Labute approximate surface area is 123 Å². The van der Waals surface area contributed by atoms with Gasteiger partial charge in [0.2, 0.25) is 0 Å². The van der Waals surface area contributed by atoms with Gasteiger partial charge in [0.25, 0.3) is 10.0 Å². The van der Waals surface area contributed by atoms with Gasteiger partial charge in [0.15, 0.2) is 15.8 Å². The zero-order valence-electron chi connectivity index (χ0n) is 11.2. The Morgan fingerprint density at radius 3 is 2.71 bits per heavy atom. The largest absolute Gasteiger partial charge is 0.390 e. The van der Waals surface area contributed by atoms with Gasteiger partial charge in [-0.15, -0.1) is 11.3 Å². The molecule has 0 aromatic carbocycles. The Hall–Kier alpha value is -1.33. The summed E-state index contributed by atoms with van der Waals surface area (Å²) in [5.41, 5.74) is 0. The summed E-state index contributed by atoms with van der Waals surface area (Å²) >= 11 is 1.23. The number of sulfonamides is 1. The normalized spacial score (nSPS) is 13.2. The second-order valence-corrected chi connectivity index (χ2v) is 7.10. The Morgan fingerprint density at radius 2 is 2.14 bits per heavy atom. The van der Waals surface area contributed by atoms with Gasteiger partial charge in [-0.25, -0.2) is 13.4 Å². The first kappa shape index (κ1) is 16.0. The molecule has 0 saturated carbocycles. The van der Waals surface area contributed by atoms with Crippen molar-refractivity contribution in [1.82, 2.24) is 13.7 Å². The second-order valence-electron chi connectivity index (χ2n) is 4.26. The number of nitrogens with zero attached hydrogens (tertiary/aromatic N) is 3. The highest BCUT2D eigenvalue weighted by Crippen LogP contribution is 2.28. The van der Waals surface area contributed by atoms with Crippen molar-refractivity contribution >= 4 is 32.1 Å². The van der Waals surface area contributed by atoms with Crippen molar-refractivity contribution in [2.24, 2.45) is 0 Å². The Bertz CT molecular complexity index is 735. The van der Waals surface area contributed by atoms with Crippen molar-refractivity contribution in [2.45, 2.75) is 17.6 Å². The Balaban J connectivity index is 2.39. The molecule has 0 radical (unpaired) electrons. The SMILES string of the molecule is CNc1nc2sccn2c1S(=O)(=O)N(C)CCC(F)(F)F. The summed E-state index contributed by atoms with van der Waals surface area (Å²) in [6.45, 7) is -0.646. The van der Waals surface area contributed by atoms with E-state index in [4.69, 9.17) is 0 Å². The maximum absolute atomic E-state index is 12.5. The Morgan fingerprint density at radius 1 is 1.48 bits per heavy atom. The Kier molecular flexibility index (Phi) is 4.17. The van der Waals surface area contributed by atoms with Gasteiger partial charge in [-0.05, 0) is 0 Å². The van der Waals surface area contributed by atoms with Crippen LogP contribution in [0.4, 0.5) is 19.0 Å². The number of hydrogen-bond acceptors (Lipinski definition) is 5. The van der Waals surface area contributed by atoms with Crippen LogP contribution in [0.2, 0.25) is 0 Å². The summed E-state index contributed by atoms with van der Waals surface area (Å²) in [5, 5.41) is 4.14. The minimum Gasteiger partial charge on any atom is -0.371 e. The summed E-state index contributed by atoms with van der Waals surface area (Å²) < 4.78 is 63.7. The van der Waals surface area contributed by atoms with Crippen molar-refractivity contribution < 1.29 is 21.6 Å². The van der Waals surface area contributed by atoms with Gasteiger partial charge in [0.05, 0.1) is 6.42 Å². The van der Waals surface area contributed by atoms with E-state index in [0.29, 0.717) is 9.27 Å². The molecule has 0 bridgehead atoms. The summed E-state index contributed by atoms with van der Waals surface area (Å²) in [4.78, 5) is 4.54. The number of thiazole rings is 1. The number of alkyl halides is 3. The van der Waals surface area contributed by atoms with E-state index >= 15 is 0 Å². The molecule has 2 aromatic rings. The molecule has 0 aliphatic heterocycles. The highest BCUT2D eigenvalue weighted by Gasteiger charge is 2.33. The molecule has 0 spiro atoms. The molecule has 118 valence electrons. The lowest BCUT2D eigenvalue weighted by Crippen LogP contribution is -2.31. The van der Waals surface area contributed by atoms with Crippen molar-refractivity contribution in [1.29, 1.82) is 0 Å². The minimum absolute atomic E-state index is 0.112. The quantitative estimate of drug-likeness (QED) is 0.903. The maximum atomic E-state index is 12.5. The molecule has 0 amide bonds. The molecular formula is C10H13F3N4O2S2. The third-order valence-electron chi connectivity index (χ3n) is 2.82. The highest BCUT2D eigenvalue weighted by molar-refractivity contribution is 7.89. The molecule has 0 fully saturated rings.